The summed E-state index contributed by atoms with van der Waals surface area (Å²) in [5.41, 5.74) is 2.91. The molecule has 9 nitrogen and oxygen atoms in total. The molecule has 0 saturated carbocycles. The maximum Gasteiger partial charge on any atom is 0.573 e. The van der Waals surface area contributed by atoms with Gasteiger partial charge in [-0.15, -0.1) is 13.2 Å². The van der Waals surface area contributed by atoms with Crippen LogP contribution in [0.4, 0.5) is 19.0 Å². The number of hydrogen-bond donors (Lipinski definition) is 0. The number of benzene rings is 2. The fourth-order valence-corrected chi connectivity index (χ4v) is 3.69. The lowest BCUT2D eigenvalue weighted by Gasteiger charge is -2.22. The van der Waals surface area contributed by atoms with E-state index in [0.717, 1.165) is 16.7 Å². The van der Waals surface area contributed by atoms with Crippen LogP contribution in [0.1, 0.15) is 16.7 Å². The number of halogens is 3. The van der Waals surface area contributed by atoms with Crippen LogP contribution in [0.25, 0.3) is 0 Å². The van der Waals surface area contributed by atoms with E-state index < -0.39 is 11.3 Å². The Balaban J connectivity index is 1.23. The fourth-order valence-electron chi connectivity index (χ4n) is 3.69. The minimum absolute atomic E-state index is 0.218. The van der Waals surface area contributed by atoms with E-state index in [2.05, 4.69) is 9.72 Å². The smallest absolute Gasteiger partial charge is 0.443 e. The molecule has 0 unspecified atom stereocenters. The molecule has 12 heteroatoms. The molecule has 3 aromatic rings. The predicted molar refractivity (Wildman–Crippen MR) is 118 cm³/mol. The molecule has 1 aromatic heterocycles. The second kappa shape index (κ2) is 10.3. The number of nitrogens with zero attached hydrogens (tertiary/aromatic N) is 4. The molecule has 4 rings (SSSR count). The number of alkyl halides is 3. The molecule has 0 bridgehead atoms. The first-order valence-corrected chi connectivity index (χ1v) is 10.7. The van der Waals surface area contributed by atoms with Gasteiger partial charge in [-0.05, 0) is 40.8 Å². The SMILES string of the molecule is CN(Cc1ccc(CO[C@@H]2COc3nc([N+](=O)[O-])cn3C2)cc1)Cc1ccc(OC(F)(F)F)cc1. The number of fused-ring (bicyclic) bond motifs is 1. The summed E-state index contributed by atoms with van der Waals surface area (Å²) in [6, 6.07) is 13.9. The highest BCUT2D eigenvalue weighted by Gasteiger charge is 2.31. The first-order chi connectivity index (χ1) is 16.6. The van der Waals surface area contributed by atoms with Crippen molar-refractivity contribution in [2.24, 2.45) is 0 Å². The maximum atomic E-state index is 12.3. The highest BCUT2D eigenvalue weighted by Crippen LogP contribution is 2.24. The number of imidazole rings is 1. The Kier molecular flexibility index (Phi) is 7.22. The second-order valence-electron chi connectivity index (χ2n) is 8.22. The van der Waals surface area contributed by atoms with Crippen LogP contribution in [0.3, 0.4) is 0 Å². The molecule has 0 fully saturated rings. The molecule has 35 heavy (non-hydrogen) atoms. The number of hydrogen-bond acceptors (Lipinski definition) is 7. The average Bonchev–Trinajstić information content (AvgIpc) is 3.23. The van der Waals surface area contributed by atoms with E-state index in [9.17, 15) is 23.3 Å². The van der Waals surface area contributed by atoms with E-state index in [1.54, 1.807) is 16.7 Å². The van der Waals surface area contributed by atoms with Gasteiger partial charge in [-0.25, -0.2) is 0 Å². The Bertz CT molecular complexity index is 1150. The van der Waals surface area contributed by atoms with Crippen LogP contribution < -0.4 is 9.47 Å². The Morgan fingerprint density at radius 2 is 1.71 bits per heavy atom. The number of aromatic nitrogens is 2. The van der Waals surface area contributed by atoms with Gasteiger partial charge in [0.15, 0.2) is 0 Å². The van der Waals surface area contributed by atoms with Gasteiger partial charge in [-0.2, -0.15) is 0 Å². The molecule has 1 atom stereocenters. The molecule has 2 heterocycles. The van der Waals surface area contributed by atoms with Gasteiger partial charge in [-0.3, -0.25) is 9.47 Å². The topological polar surface area (TPSA) is 91.9 Å². The molecular formula is C23H23F3N4O5. The first-order valence-electron chi connectivity index (χ1n) is 10.7. The largest absolute Gasteiger partial charge is 0.573 e. The van der Waals surface area contributed by atoms with E-state index in [0.29, 0.717) is 26.2 Å². The van der Waals surface area contributed by atoms with Crippen molar-refractivity contribution >= 4 is 5.82 Å². The van der Waals surface area contributed by atoms with Crippen LogP contribution in [0.2, 0.25) is 0 Å². The van der Waals surface area contributed by atoms with E-state index >= 15 is 0 Å². The minimum atomic E-state index is -4.70. The minimum Gasteiger partial charge on any atom is -0.443 e. The first kappa shape index (κ1) is 24.5. The molecular weight excluding hydrogens is 469 g/mol. The lowest BCUT2D eigenvalue weighted by Crippen LogP contribution is -2.32. The van der Waals surface area contributed by atoms with Crippen molar-refractivity contribution in [2.45, 2.75) is 38.7 Å². The monoisotopic (exact) mass is 492 g/mol. The van der Waals surface area contributed by atoms with Gasteiger partial charge in [0.1, 0.15) is 24.7 Å². The van der Waals surface area contributed by atoms with Crippen molar-refractivity contribution in [2.75, 3.05) is 13.7 Å². The standard InChI is InChI=1S/C23H23F3N4O5/c1-28(11-17-6-8-19(9-7-17)35-23(24,25)26)10-16-2-4-18(5-3-16)14-33-20-12-29-13-21(30(31)32)27-22(29)34-15-20/h2-9,13,20H,10-12,14-15H2,1H3/t20-/m0/s1. The van der Waals surface area contributed by atoms with Crippen molar-refractivity contribution in [1.82, 2.24) is 14.5 Å². The van der Waals surface area contributed by atoms with Crippen molar-refractivity contribution in [3.8, 4) is 11.8 Å². The molecule has 0 N–H and O–H groups in total. The number of ether oxygens (including phenoxy) is 3. The predicted octanol–water partition coefficient (Wildman–Crippen LogP) is 4.30. The zero-order chi connectivity index (χ0) is 25.0. The lowest BCUT2D eigenvalue weighted by atomic mass is 10.1. The molecule has 1 aliphatic rings. The van der Waals surface area contributed by atoms with E-state index in [-0.39, 0.29) is 30.3 Å². The summed E-state index contributed by atoms with van der Waals surface area (Å²) < 4.78 is 53.7. The Hall–Kier alpha value is -3.64. The zero-order valence-electron chi connectivity index (χ0n) is 18.8. The van der Waals surface area contributed by atoms with Crippen molar-refractivity contribution < 1.29 is 32.3 Å². The van der Waals surface area contributed by atoms with E-state index in [1.807, 2.05) is 36.2 Å². The Labute approximate surface area is 198 Å². The quantitative estimate of drug-likeness (QED) is 0.325. The van der Waals surface area contributed by atoms with Crippen LogP contribution in [-0.4, -0.2) is 45.5 Å². The van der Waals surface area contributed by atoms with Crippen LogP contribution >= 0.6 is 0 Å². The Morgan fingerprint density at radius 1 is 1.11 bits per heavy atom. The highest BCUT2D eigenvalue weighted by molar-refractivity contribution is 5.28. The van der Waals surface area contributed by atoms with E-state index in [4.69, 9.17) is 9.47 Å². The summed E-state index contributed by atoms with van der Waals surface area (Å²) in [6.45, 7) is 2.26. The lowest BCUT2D eigenvalue weighted by molar-refractivity contribution is -0.389. The molecule has 0 aliphatic carbocycles. The summed E-state index contributed by atoms with van der Waals surface area (Å²) in [5.74, 6) is -0.498. The van der Waals surface area contributed by atoms with Crippen molar-refractivity contribution in [3.05, 3.63) is 81.5 Å². The summed E-state index contributed by atoms with van der Waals surface area (Å²) in [6.07, 6.45) is -3.62. The summed E-state index contributed by atoms with van der Waals surface area (Å²) in [4.78, 5) is 16.2. The number of rotatable bonds is 9. The second-order valence-corrected chi connectivity index (χ2v) is 8.22. The van der Waals surface area contributed by atoms with Gasteiger partial charge < -0.3 is 24.3 Å². The number of nitro groups is 1. The van der Waals surface area contributed by atoms with Gasteiger partial charge in [0.2, 0.25) is 0 Å². The van der Waals surface area contributed by atoms with Gasteiger partial charge in [0.05, 0.1) is 13.2 Å². The van der Waals surface area contributed by atoms with Crippen LogP contribution in [0.15, 0.2) is 54.7 Å². The fraction of sp³-hybridized carbons (Fsp3) is 0.348. The third-order valence-electron chi connectivity index (χ3n) is 5.28. The molecule has 0 spiro atoms. The van der Waals surface area contributed by atoms with Crippen LogP contribution in [0, 0.1) is 10.1 Å². The summed E-state index contributed by atoms with van der Waals surface area (Å²) >= 11 is 0. The molecule has 1 aliphatic heterocycles. The van der Waals surface area contributed by atoms with Crippen molar-refractivity contribution in [1.29, 1.82) is 0 Å². The summed E-state index contributed by atoms with van der Waals surface area (Å²) in [5, 5.41) is 10.9. The van der Waals surface area contributed by atoms with Gasteiger partial charge >= 0.3 is 18.2 Å². The van der Waals surface area contributed by atoms with Crippen LogP contribution in [-0.2, 0) is 31.0 Å². The molecule has 186 valence electrons. The van der Waals surface area contributed by atoms with Gasteiger partial charge in [0.25, 0.3) is 0 Å². The van der Waals surface area contributed by atoms with Crippen molar-refractivity contribution in [3.63, 3.8) is 0 Å². The van der Waals surface area contributed by atoms with Gasteiger partial charge in [-0.1, -0.05) is 36.4 Å². The molecule has 2 aromatic carbocycles. The van der Waals surface area contributed by atoms with Crippen LogP contribution in [0.5, 0.6) is 11.8 Å². The van der Waals surface area contributed by atoms with E-state index in [1.165, 1.54) is 18.3 Å². The molecule has 0 amide bonds. The molecule has 0 saturated heterocycles. The molecule has 0 radical (unpaired) electrons. The Morgan fingerprint density at radius 3 is 2.31 bits per heavy atom. The third kappa shape index (κ3) is 6.93. The average molecular weight is 492 g/mol. The maximum absolute atomic E-state index is 12.3. The summed E-state index contributed by atoms with van der Waals surface area (Å²) in [7, 11) is 1.93. The zero-order valence-corrected chi connectivity index (χ0v) is 18.8. The van der Waals surface area contributed by atoms with Gasteiger partial charge in [0, 0.05) is 18.1 Å². The highest BCUT2D eigenvalue weighted by atomic mass is 19.4. The normalized spacial score (nSPS) is 15.5. The third-order valence-corrected chi connectivity index (χ3v) is 5.28.